The van der Waals surface area contributed by atoms with Crippen molar-refractivity contribution < 1.29 is 9.72 Å². The van der Waals surface area contributed by atoms with Gasteiger partial charge < -0.3 is 10.2 Å². The first-order chi connectivity index (χ1) is 10.4. The summed E-state index contributed by atoms with van der Waals surface area (Å²) in [4.78, 5) is 24.5. The molecule has 120 valence electrons. The molecule has 6 nitrogen and oxygen atoms in total. The van der Waals surface area contributed by atoms with Crippen LogP contribution in [0.15, 0.2) is 18.2 Å². The Morgan fingerprint density at radius 2 is 2.18 bits per heavy atom. The van der Waals surface area contributed by atoms with Crippen LogP contribution in [-0.4, -0.2) is 28.4 Å². The summed E-state index contributed by atoms with van der Waals surface area (Å²) in [5.41, 5.74) is 0.177. The molecule has 1 aromatic carbocycles. The maximum absolute atomic E-state index is 12.4. The van der Waals surface area contributed by atoms with E-state index < -0.39 is 4.92 Å². The number of nitro groups is 1. The number of rotatable bonds is 6. The Bertz CT molecular complexity index is 573. The summed E-state index contributed by atoms with van der Waals surface area (Å²) in [6.45, 7) is 4.93. The van der Waals surface area contributed by atoms with Gasteiger partial charge in [-0.3, -0.25) is 10.1 Å². The minimum Gasteiger partial charge on any atom is -0.322 e. The smallest absolute Gasteiger partial charge is 0.322 e. The van der Waals surface area contributed by atoms with Crippen LogP contribution in [0.4, 0.5) is 16.2 Å². The number of benzene rings is 1. The third-order valence-corrected chi connectivity index (χ3v) is 3.91. The first kappa shape index (κ1) is 16.5. The van der Waals surface area contributed by atoms with E-state index in [0.29, 0.717) is 24.2 Å². The summed E-state index contributed by atoms with van der Waals surface area (Å²) in [6.07, 6.45) is 2.98. The monoisotopic (exact) mass is 325 g/mol. The number of hydrogen-bond acceptors (Lipinski definition) is 3. The van der Waals surface area contributed by atoms with Crippen LogP contribution in [0, 0.1) is 16.0 Å². The lowest BCUT2D eigenvalue weighted by atomic mass is 10.1. The van der Waals surface area contributed by atoms with Gasteiger partial charge in [-0.1, -0.05) is 25.4 Å². The molecule has 0 bridgehead atoms. The second kappa shape index (κ2) is 6.96. The Balaban J connectivity index is 2.06. The molecule has 0 unspecified atom stereocenters. The summed E-state index contributed by atoms with van der Waals surface area (Å²) in [5.74, 6) is 0.519. The molecule has 0 aromatic heterocycles. The largest absolute Gasteiger partial charge is 0.322 e. The van der Waals surface area contributed by atoms with Crippen LogP contribution in [0.5, 0.6) is 0 Å². The molecule has 2 amide bonds. The number of nitrogens with zero attached hydrogens (tertiary/aromatic N) is 2. The van der Waals surface area contributed by atoms with E-state index in [0.717, 1.165) is 19.3 Å². The quantitative estimate of drug-likeness (QED) is 0.626. The maximum atomic E-state index is 12.4. The van der Waals surface area contributed by atoms with E-state index in [9.17, 15) is 14.9 Å². The van der Waals surface area contributed by atoms with Gasteiger partial charge in [0.2, 0.25) is 0 Å². The molecule has 0 spiro atoms. The Morgan fingerprint density at radius 3 is 2.73 bits per heavy atom. The summed E-state index contributed by atoms with van der Waals surface area (Å²) in [6, 6.07) is 4.36. The number of carbonyl (C=O) groups is 1. The van der Waals surface area contributed by atoms with Gasteiger partial charge in [0, 0.05) is 24.3 Å². The summed E-state index contributed by atoms with van der Waals surface area (Å²) >= 11 is 5.77. The van der Waals surface area contributed by atoms with E-state index >= 15 is 0 Å². The van der Waals surface area contributed by atoms with E-state index in [1.165, 1.54) is 12.1 Å². The predicted octanol–water partition coefficient (Wildman–Crippen LogP) is 4.29. The summed E-state index contributed by atoms with van der Waals surface area (Å²) < 4.78 is 0. The van der Waals surface area contributed by atoms with E-state index in [4.69, 9.17) is 11.6 Å². The molecular formula is C15H20ClN3O3. The molecule has 0 aliphatic heterocycles. The number of nitrogens with one attached hydrogen (secondary N) is 1. The zero-order valence-corrected chi connectivity index (χ0v) is 13.5. The predicted molar refractivity (Wildman–Crippen MR) is 86.3 cm³/mol. The van der Waals surface area contributed by atoms with E-state index in [-0.39, 0.29) is 16.7 Å². The van der Waals surface area contributed by atoms with Crippen LogP contribution in [0.3, 0.4) is 0 Å². The number of halogens is 1. The second-order valence-corrected chi connectivity index (χ2v) is 6.37. The fraction of sp³-hybridized carbons (Fsp3) is 0.533. The average molecular weight is 326 g/mol. The summed E-state index contributed by atoms with van der Waals surface area (Å²) in [5, 5.41) is 13.7. The van der Waals surface area contributed by atoms with Crippen molar-refractivity contribution in [2.75, 3.05) is 11.9 Å². The van der Waals surface area contributed by atoms with Crippen molar-refractivity contribution in [1.82, 2.24) is 4.90 Å². The number of carbonyl (C=O) groups excluding carboxylic acids is 1. The zero-order chi connectivity index (χ0) is 16.3. The summed E-state index contributed by atoms with van der Waals surface area (Å²) in [7, 11) is 0. The Labute approximate surface area is 134 Å². The lowest BCUT2D eigenvalue weighted by Gasteiger charge is -2.23. The molecule has 1 aromatic rings. The molecule has 1 aliphatic rings. The standard InChI is InChI=1S/C15H20ClN3O3/c1-10(2)7-8-18(12-4-5-12)15(20)17-11-3-6-13(16)14(9-11)19(21)22/h3,6,9-10,12H,4-5,7-8H2,1-2H3,(H,17,20). The molecular weight excluding hydrogens is 306 g/mol. The van der Waals surface area contributed by atoms with Crippen LogP contribution in [0.25, 0.3) is 0 Å². The molecule has 0 atom stereocenters. The van der Waals surface area contributed by atoms with E-state index in [1.807, 2.05) is 4.90 Å². The Kier molecular flexibility index (Phi) is 5.24. The molecule has 0 heterocycles. The molecule has 7 heteroatoms. The van der Waals surface area contributed by atoms with Crippen molar-refractivity contribution in [1.29, 1.82) is 0 Å². The van der Waals surface area contributed by atoms with Gasteiger partial charge in [-0.2, -0.15) is 0 Å². The van der Waals surface area contributed by atoms with Gasteiger partial charge in [0.25, 0.3) is 5.69 Å². The molecule has 1 aliphatic carbocycles. The third kappa shape index (κ3) is 4.34. The van der Waals surface area contributed by atoms with Crippen molar-refractivity contribution >= 4 is 29.0 Å². The number of anilines is 1. The highest BCUT2D eigenvalue weighted by molar-refractivity contribution is 6.32. The highest BCUT2D eigenvalue weighted by atomic mass is 35.5. The number of hydrogen-bond donors (Lipinski definition) is 1. The van der Waals surface area contributed by atoms with Gasteiger partial charge in [-0.15, -0.1) is 0 Å². The van der Waals surface area contributed by atoms with Crippen molar-refractivity contribution in [3.05, 3.63) is 33.3 Å². The molecule has 2 rings (SSSR count). The highest BCUT2D eigenvalue weighted by Crippen LogP contribution is 2.30. The van der Waals surface area contributed by atoms with Crippen molar-refractivity contribution in [2.45, 2.75) is 39.2 Å². The van der Waals surface area contributed by atoms with Gasteiger partial charge in [-0.05, 0) is 37.3 Å². The van der Waals surface area contributed by atoms with Crippen LogP contribution in [-0.2, 0) is 0 Å². The lowest BCUT2D eigenvalue weighted by molar-refractivity contribution is -0.384. The van der Waals surface area contributed by atoms with Gasteiger partial charge in [0.1, 0.15) is 5.02 Å². The van der Waals surface area contributed by atoms with Gasteiger partial charge >= 0.3 is 6.03 Å². The normalized spacial score (nSPS) is 14.0. The van der Waals surface area contributed by atoms with Gasteiger partial charge in [0.05, 0.1) is 4.92 Å². The molecule has 0 saturated heterocycles. The fourth-order valence-corrected chi connectivity index (χ4v) is 2.35. The van der Waals surface area contributed by atoms with Crippen molar-refractivity contribution in [3.63, 3.8) is 0 Å². The fourth-order valence-electron chi connectivity index (χ4n) is 2.16. The van der Waals surface area contributed by atoms with Crippen LogP contribution < -0.4 is 5.32 Å². The number of nitro benzene ring substituents is 1. The topological polar surface area (TPSA) is 75.5 Å². The van der Waals surface area contributed by atoms with E-state index in [2.05, 4.69) is 19.2 Å². The molecule has 0 radical (unpaired) electrons. The minimum atomic E-state index is -0.560. The molecule has 1 fully saturated rings. The number of urea groups is 1. The van der Waals surface area contributed by atoms with E-state index in [1.54, 1.807) is 6.07 Å². The molecule has 1 saturated carbocycles. The highest BCUT2D eigenvalue weighted by Gasteiger charge is 2.32. The maximum Gasteiger partial charge on any atom is 0.322 e. The number of amides is 2. The molecule has 22 heavy (non-hydrogen) atoms. The van der Waals surface area contributed by atoms with Crippen LogP contribution in [0.1, 0.15) is 33.1 Å². The second-order valence-electron chi connectivity index (χ2n) is 5.96. The molecule has 1 N–H and O–H groups in total. The third-order valence-electron chi connectivity index (χ3n) is 3.59. The van der Waals surface area contributed by atoms with Crippen LogP contribution in [0.2, 0.25) is 5.02 Å². The van der Waals surface area contributed by atoms with Crippen LogP contribution >= 0.6 is 11.6 Å². The Morgan fingerprint density at radius 1 is 1.50 bits per heavy atom. The van der Waals surface area contributed by atoms with Gasteiger partial charge in [-0.25, -0.2) is 4.79 Å². The minimum absolute atomic E-state index is 0.0573. The van der Waals surface area contributed by atoms with Gasteiger partial charge in [0.15, 0.2) is 0 Å². The first-order valence-electron chi connectivity index (χ1n) is 7.40. The van der Waals surface area contributed by atoms with Crippen molar-refractivity contribution in [2.24, 2.45) is 5.92 Å². The average Bonchev–Trinajstić information content (AvgIpc) is 3.25. The van der Waals surface area contributed by atoms with Crippen molar-refractivity contribution in [3.8, 4) is 0 Å². The Hall–Kier alpha value is -1.82. The zero-order valence-electron chi connectivity index (χ0n) is 12.7. The first-order valence-corrected chi connectivity index (χ1v) is 7.78. The lowest BCUT2D eigenvalue weighted by Crippen LogP contribution is -2.37. The SMILES string of the molecule is CC(C)CCN(C(=O)Nc1ccc(Cl)c([N+](=O)[O-])c1)C1CC1.